The predicted molar refractivity (Wildman–Crippen MR) is 141 cm³/mol. The second-order valence-electron chi connectivity index (χ2n) is 9.56. The number of ether oxygens (including phenoxy) is 1. The van der Waals surface area contributed by atoms with Crippen molar-refractivity contribution in [1.82, 2.24) is 24.6 Å². The van der Waals surface area contributed by atoms with E-state index in [2.05, 4.69) is 18.7 Å². The Morgan fingerprint density at radius 1 is 0.944 bits per heavy atom. The van der Waals surface area contributed by atoms with Crippen LogP contribution in [0.2, 0.25) is 0 Å². The van der Waals surface area contributed by atoms with E-state index in [0.717, 1.165) is 40.5 Å². The van der Waals surface area contributed by atoms with Gasteiger partial charge < -0.3 is 14.5 Å². The smallest absolute Gasteiger partial charge is 0.260 e. The molecule has 0 saturated carbocycles. The number of hydrogen-bond acceptors (Lipinski definition) is 6. The molecule has 5 rings (SSSR count). The number of hydrogen-bond donors (Lipinski definition) is 0. The van der Waals surface area contributed by atoms with E-state index in [0.29, 0.717) is 37.8 Å². The standard InChI is InChI=1S/C28H32N6O2/c1-20(2)18-24-29-27(26-21(3)31-34(28(26)30-24)22-10-6-4-7-11-22)33-16-14-32(15-17-33)25(35)19-36-23-12-8-5-9-13-23/h4-13,20H,14-19H2,1-3H3. The third kappa shape index (κ3) is 5.03. The lowest BCUT2D eigenvalue weighted by atomic mass is 10.1. The molecule has 0 atom stereocenters. The average molecular weight is 485 g/mol. The number of benzene rings is 2. The number of fused-ring (bicyclic) bond motifs is 1. The normalized spacial score (nSPS) is 14.0. The van der Waals surface area contributed by atoms with Gasteiger partial charge in [-0.15, -0.1) is 0 Å². The van der Waals surface area contributed by atoms with Gasteiger partial charge in [0.15, 0.2) is 12.3 Å². The Kier molecular flexibility index (Phi) is 6.84. The lowest BCUT2D eigenvalue weighted by Crippen LogP contribution is -2.50. The van der Waals surface area contributed by atoms with Crippen LogP contribution in [0.5, 0.6) is 5.75 Å². The van der Waals surface area contributed by atoms with E-state index in [1.165, 1.54) is 0 Å². The highest BCUT2D eigenvalue weighted by Crippen LogP contribution is 2.30. The minimum absolute atomic E-state index is 0.0000814. The van der Waals surface area contributed by atoms with E-state index in [9.17, 15) is 4.79 Å². The molecule has 1 aliphatic heterocycles. The van der Waals surface area contributed by atoms with Crippen LogP contribution in [0.25, 0.3) is 16.7 Å². The number of nitrogens with zero attached hydrogens (tertiary/aromatic N) is 6. The van der Waals surface area contributed by atoms with Crippen molar-refractivity contribution >= 4 is 22.8 Å². The number of carbonyl (C=O) groups excluding carboxylic acids is 1. The topological polar surface area (TPSA) is 76.4 Å². The molecule has 186 valence electrons. The summed E-state index contributed by atoms with van der Waals surface area (Å²) in [6.45, 7) is 9.03. The van der Waals surface area contributed by atoms with Gasteiger partial charge in [0.2, 0.25) is 0 Å². The molecular formula is C28H32N6O2. The first kappa shape index (κ1) is 23.8. The third-order valence-electron chi connectivity index (χ3n) is 6.36. The summed E-state index contributed by atoms with van der Waals surface area (Å²) in [4.78, 5) is 26.8. The maximum Gasteiger partial charge on any atom is 0.260 e. The fourth-order valence-corrected chi connectivity index (χ4v) is 4.56. The monoisotopic (exact) mass is 484 g/mol. The minimum atomic E-state index is -0.0000814. The fourth-order valence-electron chi connectivity index (χ4n) is 4.56. The predicted octanol–water partition coefficient (Wildman–Crippen LogP) is 4.05. The first-order valence-electron chi connectivity index (χ1n) is 12.5. The van der Waals surface area contributed by atoms with Gasteiger partial charge in [0.25, 0.3) is 5.91 Å². The van der Waals surface area contributed by atoms with Crippen molar-refractivity contribution in [3.05, 3.63) is 72.2 Å². The van der Waals surface area contributed by atoms with Gasteiger partial charge >= 0.3 is 0 Å². The van der Waals surface area contributed by atoms with Crippen LogP contribution in [0.15, 0.2) is 60.7 Å². The minimum Gasteiger partial charge on any atom is -0.484 e. The second kappa shape index (κ2) is 10.4. The molecule has 2 aromatic heterocycles. The van der Waals surface area contributed by atoms with E-state index in [1.54, 1.807) is 0 Å². The molecule has 0 bridgehead atoms. The van der Waals surface area contributed by atoms with E-state index in [1.807, 2.05) is 77.2 Å². The molecule has 4 aromatic rings. The summed E-state index contributed by atoms with van der Waals surface area (Å²) in [7, 11) is 0. The number of carbonyl (C=O) groups is 1. The van der Waals surface area contributed by atoms with Crippen molar-refractivity contribution in [2.75, 3.05) is 37.7 Å². The van der Waals surface area contributed by atoms with Crippen LogP contribution in [-0.4, -0.2) is 63.3 Å². The van der Waals surface area contributed by atoms with E-state index in [-0.39, 0.29) is 12.5 Å². The van der Waals surface area contributed by atoms with Crippen LogP contribution in [0, 0.1) is 12.8 Å². The first-order valence-corrected chi connectivity index (χ1v) is 12.5. The summed E-state index contributed by atoms with van der Waals surface area (Å²) >= 11 is 0. The highest BCUT2D eigenvalue weighted by atomic mass is 16.5. The Hall–Kier alpha value is -3.94. The van der Waals surface area contributed by atoms with Gasteiger partial charge in [0, 0.05) is 32.6 Å². The molecule has 3 heterocycles. The van der Waals surface area contributed by atoms with Crippen LogP contribution in [-0.2, 0) is 11.2 Å². The van der Waals surface area contributed by atoms with Gasteiger partial charge in [0.1, 0.15) is 17.4 Å². The zero-order valence-corrected chi connectivity index (χ0v) is 21.1. The molecule has 8 heteroatoms. The number of aromatic nitrogens is 4. The lowest BCUT2D eigenvalue weighted by Gasteiger charge is -2.35. The first-order chi connectivity index (χ1) is 17.5. The Morgan fingerprint density at radius 3 is 2.28 bits per heavy atom. The van der Waals surface area contributed by atoms with Crippen LogP contribution >= 0.6 is 0 Å². The number of para-hydroxylation sites is 2. The Bertz CT molecular complexity index is 1330. The number of anilines is 1. The molecule has 36 heavy (non-hydrogen) atoms. The van der Waals surface area contributed by atoms with E-state index < -0.39 is 0 Å². The lowest BCUT2D eigenvalue weighted by molar-refractivity contribution is -0.133. The summed E-state index contributed by atoms with van der Waals surface area (Å²) < 4.78 is 7.58. The van der Waals surface area contributed by atoms with Crippen molar-refractivity contribution in [1.29, 1.82) is 0 Å². The number of amides is 1. The van der Waals surface area contributed by atoms with Gasteiger partial charge in [-0.05, 0) is 37.1 Å². The second-order valence-corrected chi connectivity index (χ2v) is 9.56. The molecule has 0 aliphatic carbocycles. The van der Waals surface area contributed by atoms with E-state index in [4.69, 9.17) is 19.8 Å². The van der Waals surface area contributed by atoms with E-state index >= 15 is 0 Å². The maximum absolute atomic E-state index is 12.8. The summed E-state index contributed by atoms with van der Waals surface area (Å²) in [5.74, 6) is 2.86. The van der Waals surface area contributed by atoms with Crippen LogP contribution < -0.4 is 9.64 Å². The van der Waals surface area contributed by atoms with Crippen LogP contribution in [0.1, 0.15) is 25.4 Å². The average Bonchev–Trinajstić information content (AvgIpc) is 3.24. The fraction of sp³-hybridized carbons (Fsp3) is 0.357. The highest BCUT2D eigenvalue weighted by molar-refractivity contribution is 5.91. The van der Waals surface area contributed by atoms with Crippen LogP contribution in [0.4, 0.5) is 5.82 Å². The van der Waals surface area contributed by atoms with Crippen LogP contribution in [0.3, 0.4) is 0 Å². The summed E-state index contributed by atoms with van der Waals surface area (Å²) in [5.41, 5.74) is 2.70. The van der Waals surface area contributed by atoms with Gasteiger partial charge in [-0.25, -0.2) is 14.6 Å². The third-order valence-corrected chi connectivity index (χ3v) is 6.36. The Labute approximate surface area is 211 Å². The molecule has 0 unspecified atom stereocenters. The zero-order chi connectivity index (χ0) is 25.1. The quantitative estimate of drug-likeness (QED) is 0.394. The highest BCUT2D eigenvalue weighted by Gasteiger charge is 2.26. The summed E-state index contributed by atoms with van der Waals surface area (Å²) in [6.07, 6.45) is 0.789. The maximum atomic E-state index is 12.8. The largest absolute Gasteiger partial charge is 0.484 e. The Morgan fingerprint density at radius 2 is 1.61 bits per heavy atom. The summed E-state index contributed by atoms with van der Waals surface area (Å²) in [6, 6.07) is 19.5. The molecule has 1 aliphatic rings. The van der Waals surface area contributed by atoms with Crippen molar-refractivity contribution in [2.24, 2.45) is 5.92 Å². The zero-order valence-electron chi connectivity index (χ0n) is 21.1. The molecule has 0 radical (unpaired) electrons. The number of aryl methyl sites for hydroxylation is 1. The van der Waals surface area contributed by atoms with Gasteiger partial charge in [0.05, 0.1) is 16.8 Å². The van der Waals surface area contributed by atoms with Gasteiger partial charge in [-0.2, -0.15) is 5.10 Å². The Balaban J connectivity index is 1.38. The van der Waals surface area contributed by atoms with Crippen molar-refractivity contribution in [3.8, 4) is 11.4 Å². The molecule has 8 nitrogen and oxygen atoms in total. The molecule has 1 fully saturated rings. The molecule has 0 N–H and O–H groups in total. The van der Waals surface area contributed by atoms with Crippen molar-refractivity contribution in [3.63, 3.8) is 0 Å². The number of rotatable bonds is 7. The number of piperazine rings is 1. The molecule has 1 amide bonds. The molecule has 1 saturated heterocycles. The van der Waals surface area contributed by atoms with Gasteiger partial charge in [-0.3, -0.25) is 4.79 Å². The molecular weight excluding hydrogens is 452 g/mol. The summed E-state index contributed by atoms with van der Waals surface area (Å²) in [5, 5.41) is 5.81. The van der Waals surface area contributed by atoms with Crippen molar-refractivity contribution in [2.45, 2.75) is 27.2 Å². The SMILES string of the molecule is Cc1nn(-c2ccccc2)c2nc(CC(C)C)nc(N3CCN(C(=O)COc4ccccc4)CC3)c12. The molecule has 2 aromatic carbocycles. The van der Waals surface area contributed by atoms with Gasteiger partial charge in [-0.1, -0.05) is 50.2 Å². The molecule has 0 spiro atoms. The van der Waals surface area contributed by atoms with Crippen molar-refractivity contribution < 1.29 is 9.53 Å².